The highest BCUT2D eigenvalue weighted by molar-refractivity contribution is 8.00. The van der Waals surface area contributed by atoms with E-state index < -0.39 is 29.7 Å². The topological polar surface area (TPSA) is 26.3 Å². The standard InChI is InChI=1S/C15H25F5O2S/c1-4-5-7-12(13(21)22-10-11(2)3)23-9-6-8-14(16,17)15(18,19)20/h11-12H,4-10H2,1-3H3. The molecule has 0 fully saturated rings. The highest BCUT2D eigenvalue weighted by Gasteiger charge is 2.56. The van der Waals surface area contributed by atoms with Gasteiger partial charge in [0.15, 0.2) is 0 Å². The molecule has 0 aliphatic rings. The van der Waals surface area contributed by atoms with E-state index in [2.05, 4.69) is 0 Å². The second-order valence-corrected chi connectivity index (χ2v) is 7.14. The van der Waals surface area contributed by atoms with Crippen molar-refractivity contribution in [1.29, 1.82) is 0 Å². The third-order valence-corrected chi connectivity index (χ3v) is 4.37. The summed E-state index contributed by atoms with van der Waals surface area (Å²) in [4.78, 5) is 11.9. The SMILES string of the molecule is CCCCC(SCCCC(F)(F)C(F)(F)F)C(=O)OCC(C)C. The lowest BCUT2D eigenvalue weighted by atomic mass is 10.2. The van der Waals surface area contributed by atoms with E-state index in [-0.39, 0.29) is 24.7 Å². The van der Waals surface area contributed by atoms with Crippen molar-refractivity contribution in [2.45, 2.75) is 70.2 Å². The second kappa shape index (κ2) is 10.4. The number of alkyl halides is 5. The first-order chi connectivity index (χ1) is 10.5. The van der Waals surface area contributed by atoms with E-state index >= 15 is 0 Å². The summed E-state index contributed by atoms with van der Waals surface area (Å²) in [6.07, 6.45) is -4.92. The molecule has 0 aromatic heterocycles. The van der Waals surface area contributed by atoms with Gasteiger partial charge < -0.3 is 4.74 Å². The van der Waals surface area contributed by atoms with Crippen molar-refractivity contribution >= 4 is 17.7 Å². The summed E-state index contributed by atoms with van der Waals surface area (Å²) < 4.78 is 66.9. The average Bonchev–Trinajstić information content (AvgIpc) is 2.42. The van der Waals surface area contributed by atoms with Gasteiger partial charge in [0.1, 0.15) is 5.25 Å². The molecule has 0 aliphatic carbocycles. The molecular weight excluding hydrogens is 339 g/mol. The predicted octanol–water partition coefficient (Wildman–Crippen LogP) is 5.46. The lowest BCUT2D eigenvalue weighted by Gasteiger charge is -2.20. The molecule has 138 valence electrons. The number of rotatable bonds is 11. The molecule has 0 saturated heterocycles. The van der Waals surface area contributed by atoms with Gasteiger partial charge in [0.05, 0.1) is 6.61 Å². The molecule has 23 heavy (non-hydrogen) atoms. The van der Waals surface area contributed by atoms with E-state index in [4.69, 9.17) is 4.74 Å². The third-order valence-electron chi connectivity index (χ3n) is 3.01. The maximum atomic E-state index is 12.8. The lowest BCUT2D eigenvalue weighted by Crippen LogP contribution is -2.36. The minimum absolute atomic E-state index is 0.0663. The number of esters is 1. The van der Waals surface area contributed by atoms with Gasteiger partial charge in [-0.25, -0.2) is 0 Å². The fourth-order valence-electron chi connectivity index (χ4n) is 1.66. The molecule has 0 amide bonds. The van der Waals surface area contributed by atoms with Crippen LogP contribution in [0.2, 0.25) is 0 Å². The van der Waals surface area contributed by atoms with Crippen molar-refractivity contribution in [3.63, 3.8) is 0 Å². The first-order valence-corrected chi connectivity index (χ1v) is 8.79. The van der Waals surface area contributed by atoms with Gasteiger partial charge in [-0.1, -0.05) is 33.6 Å². The summed E-state index contributed by atoms with van der Waals surface area (Å²) in [6.45, 7) is 6.00. The number of carbonyl (C=O) groups is 1. The Kier molecular flexibility index (Phi) is 10.1. The van der Waals surface area contributed by atoms with Crippen LogP contribution in [0, 0.1) is 5.92 Å². The Morgan fingerprint density at radius 1 is 1.13 bits per heavy atom. The van der Waals surface area contributed by atoms with E-state index in [9.17, 15) is 26.7 Å². The van der Waals surface area contributed by atoms with Crippen molar-refractivity contribution in [1.82, 2.24) is 0 Å². The van der Waals surface area contributed by atoms with Gasteiger partial charge in [0.2, 0.25) is 0 Å². The Bertz CT molecular complexity index is 345. The van der Waals surface area contributed by atoms with Gasteiger partial charge in [0, 0.05) is 6.42 Å². The van der Waals surface area contributed by atoms with Crippen LogP contribution < -0.4 is 0 Å². The molecule has 0 bridgehead atoms. The van der Waals surface area contributed by atoms with E-state index in [1.807, 2.05) is 20.8 Å². The summed E-state index contributed by atoms with van der Waals surface area (Å²) in [5, 5.41) is -0.506. The molecule has 0 aromatic rings. The molecule has 0 aromatic carbocycles. The number of halogens is 5. The lowest BCUT2D eigenvalue weighted by molar-refractivity contribution is -0.284. The van der Waals surface area contributed by atoms with Crippen molar-refractivity contribution in [2.24, 2.45) is 5.92 Å². The van der Waals surface area contributed by atoms with Crippen LogP contribution >= 0.6 is 11.8 Å². The molecule has 1 unspecified atom stereocenters. The molecule has 2 nitrogen and oxygen atoms in total. The minimum Gasteiger partial charge on any atom is -0.465 e. The third kappa shape index (κ3) is 9.37. The first-order valence-electron chi connectivity index (χ1n) is 7.74. The van der Waals surface area contributed by atoms with E-state index in [1.54, 1.807) is 0 Å². The molecule has 0 N–H and O–H groups in total. The number of ether oxygens (including phenoxy) is 1. The molecule has 0 aliphatic heterocycles. The Hall–Kier alpha value is -0.530. The molecule has 0 radical (unpaired) electrons. The zero-order valence-corrected chi connectivity index (χ0v) is 14.5. The van der Waals surface area contributed by atoms with Crippen LogP contribution in [-0.4, -0.2) is 35.7 Å². The van der Waals surface area contributed by atoms with Crippen molar-refractivity contribution in [3.8, 4) is 0 Å². The highest BCUT2D eigenvalue weighted by Crippen LogP contribution is 2.39. The predicted molar refractivity (Wildman–Crippen MR) is 81.8 cm³/mol. The monoisotopic (exact) mass is 364 g/mol. The summed E-state index contributed by atoms with van der Waals surface area (Å²) in [5.74, 6) is -4.84. The fraction of sp³-hybridized carbons (Fsp3) is 0.933. The smallest absolute Gasteiger partial charge is 0.453 e. The molecule has 0 heterocycles. The Morgan fingerprint density at radius 2 is 1.74 bits per heavy atom. The van der Waals surface area contributed by atoms with Crippen LogP contribution in [-0.2, 0) is 9.53 Å². The maximum Gasteiger partial charge on any atom is 0.453 e. The van der Waals surface area contributed by atoms with Crippen molar-refractivity contribution in [2.75, 3.05) is 12.4 Å². The number of unbranched alkanes of at least 4 members (excludes halogenated alkanes) is 1. The maximum absolute atomic E-state index is 12.8. The summed E-state index contributed by atoms with van der Waals surface area (Å²) >= 11 is 1.10. The number of hydrogen-bond acceptors (Lipinski definition) is 3. The first kappa shape index (κ1) is 22.5. The molecule has 0 spiro atoms. The summed E-state index contributed by atoms with van der Waals surface area (Å²) in [7, 11) is 0. The number of hydrogen-bond donors (Lipinski definition) is 0. The van der Waals surface area contributed by atoms with E-state index in [1.165, 1.54) is 0 Å². The Balaban J connectivity index is 4.32. The van der Waals surface area contributed by atoms with Gasteiger partial charge in [-0.15, -0.1) is 11.8 Å². The van der Waals surface area contributed by atoms with Crippen molar-refractivity contribution < 1.29 is 31.5 Å². The quantitative estimate of drug-likeness (QED) is 0.277. The van der Waals surface area contributed by atoms with Gasteiger partial charge >= 0.3 is 18.1 Å². The van der Waals surface area contributed by atoms with Crippen LogP contribution in [0.5, 0.6) is 0 Å². The van der Waals surface area contributed by atoms with Crippen LogP contribution in [0.15, 0.2) is 0 Å². The van der Waals surface area contributed by atoms with Crippen molar-refractivity contribution in [3.05, 3.63) is 0 Å². The summed E-state index contributed by atoms with van der Waals surface area (Å²) in [6, 6.07) is 0. The number of thioether (sulfide) groups is 1. The zero-order valence-electron chi connectivity index (χ0n) is 13.7. The molecule has 0 rings (SSSR count). The van der Waals surface area contributed by atoms with Crippen LogP contribution in [0.4, 0.5) is 22.0 Å². The van der Waals surface area contributed by atoms with Crippen LogP contribution in [0.3, 0.4) is 0 Å². The Morgan fingerprint density at radius 3 is 2.22 bits per heavy atom. The summed E-state index contributed by atoms with van der Waals surface area (Å²) in [5.41, 5.74) is 0. The fourth-order valence-corrected chi connectivity index (χ4v) is 2.79. The Labute approximate surface area is 138 Å². The van der Waals surface area contributed by atoms with Gasteiger partial charge in [-0.2, -0.15) is 22.0 Å². The molecule has 0 saturated carbocycles. The minimum atomic E-state index is -5.52. The molecule has 8 heteroatoms. The van der Waals surface area contributed by atoms with Gasteiger partial charge in [-0.3, -0.25) is 4.79 Å². The second-order valence-electron chi connectivity index (χ2n) is 5.83. The molecule has 1 atom stereocenters. The normalized spacial score (nSPS) is 14.1. The highest BCUT2D eigenvalue weighted by atomic mass is 32.2. The van der Waals surface area contributed by atoms with Crippen LogP contribution in [0.1, 0.15) is 52.9 Å². The van der Waals surface area contributed by atoms with E-state index in [0.717, 1.165) is 24.6 Å². The average molecular weight is 364 g/mol. The zero-order chi connectivity index (χ0) is 18.1. The largest absolute Gasteiger partial charge is 0.465 e. The van der Waals surface area contributed by atoms with Gasteiger partial charge in [0.25, 0.3) is 0 Å². The van der Waals surface area contributed by atoms with E-state index in [0.29, 0.717) is 6.42 Å². The molecular formula is C15H25F5O2S. The van der Waals surface area contributed by atoms with Gasteiger partial charge in [-0.05, 0) is 24.5 Å². The van der Waals surface area contributed by atoms with Crippen LogP contribution in [0.25, 0.3) is 0 Å². The number of carbonyl (C=O) groups excluding carboxylic acids is 1.